The molecule has 3 heterocycles. The molecular formula is C15H21N4P. The standard InChI is InChI=1S/C15H21N4P/c1-4-7-17-13-10-16-11-14-18(8-5-2)20(17)19(9-6-3)15-12-16/h1-3H,7-15H2. The normalized spacial score (nSPS) is 28.6. The Morgan fingerprint density at radius 3 is 1.30 bits per heavy atom. The van der Waals surface area contributed by atoms with Crippen LogP contribution in [-0.2, 0) is 0 Å². The van der Waals surface area contributed by atoms with Crippen LogP contribution in [0.4, 0.5) is 0 Å². The van der Waals surface area contributed by atoms with Crippen molar-refractivity contribution in [2.45, 2.75) is 0 Å². The van der Waals surface area contributed by atoms with Crippen molar-refractivity contribution in [1.29, 1.82) is 0 Å². The predicted molar refractivity (Wildman–Crippen MR) is 84.6 cm³/mol. The lowest BCUT2D eigenvalue weighted by molar-refractivity contribution is 0.178. The van der Waals surface area contributed by atoms with Crippen LogP contribution in [0.15, 0.2) is 0 Å². The molecule has 3 fully saturated rings. The molecule has 3 rings (SSSR count). The minimum atomic E-state index is -0.640. The van der Waals surface area contributed by atoms with Crippen LogP contribution in [-0.4, -0.2) is 77.8 Å². The number of terminal acetylenes is 3. The van der Waals surface area contributed by atoms with Gasteiger partial charge in [-0.3, -0.25) is 4.90 Å². The van der Waals surface area contributed by atoms with Crippen LogP contribution in [0.3, 0.4) is 0 Å². The Balaban J connectivity index is 2.29. The van der Waals surface area contributed by atoms with Gasteiger partial charge in [0.25, 0.3) is 0 Å². The molecule has 0 aromatic rings. The van der Waals surface area contributed by atoms with Crippen molar-refractivity contribution in [1.82, 2.24) is 18.9 Å². The SMILES string of the molecule is C#CCN1CCN2CCN(CC#C)P1N(CC#C)CC2. The first-order chi connectivity index (χ1) is 9.80. The summed E-state index contributed by atoms with van der Waals surface area (Å²) in [6.07, 6.45) is 16.6. The Hall–Kier alpha value is -1.05. The van der Waals surface area contributed by atoms with Gasteiger partial charge in [0.05, 0.1) is 19.6 Å². The van der Waals surface area contributed by atoms with E-state index in [1.165, 1.54) is 0 Å². The number of fused-ring (bicyclic) bond motifs is 6. The molecule has 0 saturated carbocycles. The first-order valence-corrected chi connectivity index (χ1v) is 8.07. The molecule has 3 saturated heterocycles. The molecule has 4 nitrogen and oxygen atoms in total. The molecule has 0 atom stereocenters. The Morgan fingerprint density at radius 1 is 0.650 bits per heavy atom. The van der Waals surface area contributed by atoms with E-state index in [2.05, 4.69) is 36.7 Å². The van der Waals surface area contributed by atoms with Gasteiger partial charge in [0.1, 0.15) is 8.37 Å². The first-order valence-electron chi connectivity index (χ1n) is 6.87. The van der Waals surface area contributed by atoms with Gasteiger partial charge in [-0.05, 0) is 0 Å². The van der Waals surface area contributed by atoms with Crippen LogP contribution in [0.5, 0.6) is 0 Å². The van der Waals surface area contributed by atoms with Crippen LogP contribution in [0, 0.1) is 37.0 Å². The Labute approximate surface area is 124 Å². The van der Waals surface area contributed by atoms with Gasteiger partial charge < -0.3 is 0 Å². The second-order valence-corrected chi connectivity index (χ2v) is 7.12. The predicted octanol–water partition coefficient (Wildman–Crippen LogP) is 0.348. The fourth-order valence-electron chi connectivity index (χ4n) is 2.65. The summed E-state index contributed by atoms with van der Waals surface area (Å²) in [7, 11) is -0.640. The third kappa shape index (κ3) is 3.53. The molecule has 0 unspecified atom stereocenters. The zero-order valence-corrected chi connectivity index (χ0v) is 12.7. The molecular weight excluding hydrogens is 267 g/mol. The van der Waals surface area contributed by atoms with Crippen molar-refractivity contribution in [2.24, 2.45) is 0 Å². The van der Waals surface area contributed by atoms with E-state index in [-0.39, 0.29) is 0 Å². The second-order valence-electron chi connectivity index (χ2n) is 4.89. The molecule has 0 N–H and O–H groups in total. The average Bonchev–Trinajstić information content (AvgIpc) is 2.40. The average molecular weight is 288 g/mol. The number of nitrogens with zero attached hydrogens (tertiary/aromatic N) is 4. The van der Waals surface area contributed by atoms with Gasteiger partial charge in [-0.1, -0.05) is 17.8 Å². The maximum atomic E-state index is 5.55. The van der Waals surface area contributed by atoms with Gasteiger partial charge in [0.2, 0.25) is 0 Å². The van der Waals surface area contributed by atoms with Crippen molar-refractivity contribution in [3.63, 3.8) is 0 Å². The van der Waals surface area contributed by atoms with Crippen molar-refractivity contribution < 1.29 is 0 Å². The van der Waals surface area contributed by atoms with E-state index in [1.807, 2.05) is 0 Å². The van der Waals surface area contributed by atoms with Crippen molar-refractivity contribution >= 4 is 8.37 Å². The fraction of sp³-hybridized carbons (Fsp3) is 0.600. The van der Waals surface area contributed by atoms with Gasteiger partial charge in [0, 0.05) is 39.3 Å². The molecule has 20 heavy (non-hydrogen) atoms. The zero-order valence-electron chi connectivity index (χ0n) is 11.8. The third-order valence-corrected chi connectivity index (χ3v) is 6.15. The van der Waals surface area contributed by atoms with Crippen LogP contribution in [0.25, 0.3) is 0 Å². The van der Waals surface area contributed by atoms with Gasteiger partial charge >= 0.3 is 0 Å². The maximum Gasteiger partial charge on any atom is 0.122 e. The van der Waals surface area contributed by atoms with E-state index >= 15 is 0 Å². The van der Waals surface area contributed by atoms with E-state index in [0.29, 0.717) is 19.6 Å². The maximum absolute atomic E-state index is 5.55. The summed E-state index contributed by atoms with van der Waals surface area (Å²) in [5, 5.41) is 0. The molecule has 0 amide bonds. The lowest BCUT2D eigenvalue weighted by Gasteiger charge is -2.49. The summed E-state index contributed by atoms with van der Waals surface area (Å²) in [4.78, 5) is 2.47. The van der Waals surface area contributed by atoms with Crippen molar-refractivity contribution in [2.75, 3.05) is 58.9 Å². The summed E-state index contributed by atoms with van der Waals surface area (Å²) in [5.74, 6) is 8.34. The first kappa shape index (κ1) is 15.3. The molecule has 3 aliphatic heterocycles. The Bertz CT molecular complexity index is 378. The van der Waals surface area contributed by atoms with E-state index in [9.17, 15) is 0 Å². The third-order valence-electron chi connectivity index (χ3n) is 3.60. The lowest BCUT2D eigenvalue weighted by Crippen LogP contribution is -2.52. The zero-order chi connectivity index (χ0) is 14.4. The van der Waals surface area contributed by atoms with Crippen molar-refractivity contribution in [3.05, 3.63) is 0 Å². The molecule has 0 aromatic heterocycles. The topological polar surface area (TPSA) is 13.0 Å². The summed E-state index contributed by atoms with van der Waals surface area (Å²) in [6, 6.07) is 0. The second kappa shape index (κ2) is 7.66. The highest BCUT2D eigenvalue weighted by atomic mass is 31.2. The smallest absolute Gasteiger partial charge is 0.122 e. The number of hydrogen-bond donors (Lipinski definition) is 0. The van der Waals surface area contributed by atoms with Crippen molar-refractivity contribution in [3.8, 4) is 37.0 Å². The molecule has 2 bridgehead atoms. The highest BCUT2D eigenvalue weighted by Crippen LogP contribution is 2.48. The lowest BCUT2D eigenvalue weighted by atomic mass is 10.4. The van der Waals surface area contributed by atoms with Gasteiger partial charge in [-0.15, -0.1) is 19.3 Å². The van der Waals surface area contributed by atoms with E-state index in [1.54, 1.807) is 0 Å². The highest BCUT2D eigenvalue weighted by molar-refractivity contribution is 7.50. The van der Waals surface area contributed by atoms with Crippen LogP contribution in [0.1, 0.15) is 0 Å². The van der Waals surface area contributed by atoms with E-state index in [0.717, 1.165) is 39.3 Å². The largest absolute Gasteiger partial charge is 0.299 e. The number of rotatable bonds is 3. The summed E-state index contributed by atoms with van der Waals surface area (Å²) in [6.45, 7) is 8.15. The molecule has 106 valence electrons. The molecule has 0 spiro atoms. The molecule has 5 heteroatoms. The number of hydrogen-bond acceptors (Lipinski definition) is 4. The molecule has 3 aliphatic rings. The van der Waals surface area contributed by atoms with Crippen LogP contribution < -0.4 is 0 Å². The highest BCUT2D eigenvalue weighted by Gasteiger charge is 2.35. The Morgan fingerprint density at radius 2 is 1.00 bits per heavy atom. The van der Waals surface area contributed by atoms with E-state index in [4.69, 9.17) is 19.3 Å². The quantitative estimate of drug-likeness (QED) is 0.549. The van der Waals surface area contributed by atoms with Gasteiger partial charge in [-0.2, -0.15) is 0 Å². The minimum Gasteiger partial charge on any atom is -0.299 e. The van der Waals surface area contributed by atoms with Gasteiger partial charge in [0.15, 0.2) is 0 Å². The van der Waals surface area contributed by atoms with Gasteiger partial charge in [-0.25, -0.2) is 14.0 Å². The molecule has 0 aromatic carbocycles. The van der Waals surface area contributed by atoms with E-state index < -0.39 is 8.37 Å². The molecule has 0 radical (unpaired) electrons. The van der Waals surface area contributed by atoms with Crippen LogP contribution >= 0.6 is 8.37 Å². The summed E-state index contributed by atoms with van der Waals surface area (Å²) in [5.41, 5.74) is 0. The summed E-state index contributed by atoms with van der Waals surface area (Å²) < 4.78 is 7.11. The fourth-order valence-corrected chi connectivity index (χ4v) is 5.16. The van der Waals surface area contributed by atoms with Crippen LogP contribution in [0.2, 0.25) is 0 Å². The monoisotopic (exact) mass is 288 g/mol. The Kier molecular flexibility index (Phi) is 5.87. The minimum absolute atomic E-state index is 0.640. The molecule has 0 aliphatic carbocycles. The summed E-state index contributed by atoms with van der Waals surface area (Å²) >= 11 is 0.